The molecule has 0 saturated carbocycles. The van der Waals surface area contributed by atoms with Crippen LogP contribution in [0.3, 0.4) is 0 Å². The van der Waals surface area contributed by atoms with E-state index in [4.69, 9.17) is 40.5 Å². The number of amides is 2. The van der Waals surface area contributed by atoms with Crippen molar-refractivity contribution in [3.8, 4) is 0 Å². The quantitative estimate of drug-likeness (QED) is 0.413. The maximum absolute atomic E-state index is 13.2. The van der Waals surface area contributed by atoms with Crippen molar-refractivity contribution in [2.24, 2.45) is 5.73 Å². The number of hydrogen-bond donors (Lipinski definition) is 3. The van der Waals surface area contributed by atoms with E-state index < -0.39 is 6.04 Å². The summed E-state index contributed by atoms with van der Waals surface area (Å²) in [6, 6.07) is 15.9. The standard InChI is InChI=1S/C26H27Cl3N4O2/c27-20-4-3-17-11-19(2-1-18(17)12-20)25(34)31-14-23-6-8-33(26(35)24(32-23)5-7-30)15-16-9-21(28)13-22(29)10-16/h1-4,9-13,23-24,32H,5-8,14-15,30H2,(H,31,34)/t23-,24-/m0/s1. The van der Waals surface area contributed by atoms with Crippen molar-refractivity contribution < 1.29 is 9.59 Å². The summed E-state index contributed by atoms with van der Waals surface area (Å²) in [4.78, 5) is 27.8. The van der Waals surface area contributed by atoms with Gasteiger partial charge in [-0.2, -0.15) is 0 Å². The number of halogens is 3. The van der Waals surface area contributed by atoms with Crippen LogP contribution in [-0.4, -0.2) is 48.4 Å². The first kappa shape index (κ1) is 25.7. The van der Waals surface area contributed by atoms with E-state index in [2.05, 4.69) is 10.6 Å². The Balaban J connectivity index is 1.42. The van der Waals surface area contributed by atoms with Gasteiger partial charge in [-0.15, -0.1) is 0 Å². The summed E-state index contributed by atoms with van der Waals surface area (Å²) in [6.45, 7) is 1.71. The largest absolute Gasteiger partial charge is 0.350 e. The van der Waals surface area contributed by atoms with Crippen LogP contribution < -0.4 is 16.4 Å². The van der Waals surface area contributed by atoms with Crippen LogP contribution in [0.15, 0.2) is 54.6 Å². The van der Waals surface area contributed by atoms with E-state index in [9.17, 15) is 9.59 Å². The second-order valence-electron chi connectivity index (χ2n) is 8.74. The zero-order valence-electron chi connectivity index (χ0n) is 19.1. The Kier molecular flexibility index (Phi) is 8.52. The Morgan fingerprint density at radius 1 is 1.00 bits per heavy atom. The molecular weight excluding hydrogens is 507 g/mol. The molecule has 35 heavy (non-hydrogen) atoms. The first-order chi connectivity index (χ1) is 16.8. The Bertz CT molecular complexity index is 1220. The van der Waals surface area contributed by atoms with Gasteiger partial charge in [0.25, 0.3) is 5.91 Å². The summed E-state index contributed by atoms with van der Waals surface area (Å²) in [5, 5.41) is 10.0. The SMILES string of the molecule is NCC[C@@H]1N[C@H](CNC(=O)c2ccc3cc(Cl)ccc3c2)CCN(Cc2cc(Cl)cc(Cl)c2)C1=O. The molecule has 184 valence electrons. The van der Waals surface area contributed by atoms with Gasteiger partial charge < -0.3 is 21.3 Å². The van der Waals surface area contributed by atoms with Crippen LogP contribution in [0.25, 0.3) is 10.8 Å². The minimum Gasteiger partial charge on any atom is -0.350 e. The Morgan fingerprint density at radius 2 is 1.71 bits per heavy atom. The average molecular weight is 534 g/mol. The highest BCUT2D eigenvalue weighted by atomic mass is 35.5. The molecule has 2 amide bonds. The molecule has 1 aliphatic heterocycles. The van der Waals surface area contributed by atoms with Gasteiger partial charge in [0.1, 0.15) is 0 Å². The monoisotopic (exact) mass is 532 g/mol. The maximum Gasteiger partial charge on any atom is 0.251 e. The number of fused-ring (bicyclic) bond motifs is 1. The van der Waals surface area contributed by atoms with E-state index in [1.165, 1.54) is 0 Å². The second-order valence-corrected chi connectivity index (χ2v) is 10.0. The molecule has 0 aliphatic carbocycles. The highest BCUT2D eigenvalue weighted by Crippen LogP contribution is 2.22. The van der Waals surface area contributed by atoms with Crippen molar-refractivity contribution in [3.05, 3.63) is 80.8 Å². The minimum atomic E-state index is -0.426. The predicted molar refractivity (Wildman–Crippen MR) is 142 cm³/mol. The molecule has 0 unspecified atom stereocenters. The van der Waals surface area contributed by atoms with E-state index in [0.29, 0.717) is 59.7 Å². The third-order valence-electron chi connectivity index (χ3n) is 6.12. The van der Waals surface area contributed by atoms with E-state index in [-0.39, 0.29) is 17.9 Å². The first-order valence-electron chi connectivity index (χ1n) is 11.5. The molecule has 0 radical (unpaired) electrons. The Hall–Kier alpha value is -2.35. The van der Waals surface area contributed by atoms with Crippen molar-refractivity contribution in [1.82, 2.24) is 15.5 Å². The molecule has 0 aromatic heterocycles. The summed E-state index contributed by atoms with van der Waals surface area (Å²) < 4.78 is 0. The van der Waals surface area contributed by atoms with E-state index >= 15 is 0 Å². The van der Waals surface area contributed by atoms with Gasteiger partial charge in [-0.05, 0) is 78.2 Å². The molecular formula is C26H27Cl3N4O2. The topological polar surface area (TPSA) is 87.5 Å². The molecule has 1 fully saturated rings. The highest BCUT2D eigenvalue weighted by molar-refractivity contribution is 6.34. The average Bonchev–Trinajstić information content (AvgIpc) is 2.96. The summed E-state index contributed by atoms with van der Waals surface area (Å²) >= 11 is 18.3. The normalized spacial score (nSPS) is 18.5. The van der Waals surface area contributed by atoms with Crippen LogP contribution in [-0.2, 0) is 11.3 Å². The number of hydrogen-bond acceptors (Lipinski definition) is 4. The lowest BCUT2D eigenvalue weighted by Crippen LogP contribution is -2.49. The zero-order chi connectivity index (χ0) is 24.9. The van der Waals surface area contributed by atoms with Crippen LogP contribution in [0.5, 0.6) is 0 Å². The van der Waals surface area contributed by atoms with Crippen molar-refractivity contribution in [2.75, 3.05) is 19.6 Å². The lowest BCUT2D eigenvalue weighted by molar-refractivity contribution is -0.133. The molecule has 4 N–H and O–H groups in total. The maximum atomic E-state index is 13.2. The minimum absolute atomic E-state index is 0.0198. The first-order valence-corrected chi connectivity index (χ1v) is 12.6. The van der Waals surface area contributed by atoms with E-state index in [1.54, 1.807) is 23.1 Å². The fourth-order valence-electron chi connectivity index (χ4n) is 4.37. The Labute approximate surface area is 219 Å². The molecule has 2 atom stereocenters. The van der Waals surface area contributed by atoms with E-state index in [1.807, 2.05) is 36.4 Å². The van der Waals surface area contributed by atoms with Gasteiger partial charge in [0, 0.05) is 46.3 Å². The molecule has 3 aromatic rings. The van der Waals surface area contributed by atoms with Crippen LogP contribution >= 0.6 is 34.8 Å². The van der Waals surface area contributed by atoms with Crippen molar-refractivity contribution in [3.63, 3.8) is 0 Å². The smallest absolute Gasteiger partial charge is 0.251 e. The van der Waals surface area contributed by atoms with Crippen molar-refractivity contribution in [1.29, 1.82) is 0 Å². The number of nitrogens with one attached hydrogen (secondary N) is 2. The highest BCUT2D eigenvalue weighted by Gasteiger charge is 2.30. The van der Waals surface area contributed by atoms with Crippen LogP contribution in [0, 0.1) is 0 Å². The number of benzene rings is 3. The molecule has 0 bridgehead atoms. The van der Waals surface area contributed by atoms with Gasteiger partial charge in [-0.25, -0.2) is 0 Å². The van der Waals surface area contributed by atoms with Crippen molar-refractivity contribution in [2.45, 2.75) is 31.5 Å². The lowest BCUT2D eigenvalue weighted by Gasteiger charge is -2.24. The van der Waals surface area contributed by atoms with Crippen LogP contribution in [0.2, 0.25) is 15.1 Å². The molecule has 1 aliphatic rings. The van der Waals surface area contributed by atoms with Gasteiger partial charge >= 0.3 is 0 Å². The second kappa shape index (κ2) is 11.6. The number of carbonyl (C=O) groups excluding carboxylic acids is 2. The molecule has 9 heteroatoms. The lowest BCUT2D eigenvalue weighted by atomic mass is 10.1. The van der Waals surface area contributed by atoms with Gasteiger partial charge in [0.05, 0.1) is 6.04 Å². The molecule has 4 rings (SSSR count). The number of nitrogens with two attached hydrogens (primary N) is 1. The predicted octanol–water partition coefficient (Wildman–Crippen LogP) is 4.64. The number of rotatable bonds is 7. The third-order valence-corrected chi connectivity index (χ3v) is 6.79. The summed E-state index contributed by atoms with van der Waals surface area (Å²) in [5.41, 5.74) is 7.22. The van der Waals surface area contributed by atoms with Gasteiger partial charge in [0.2, 0.25) is 5.91 Å². The van der Waals surface area contributed by atoms with Gasteiger partial charge in [0.15, 0.2) is 0 Å². The molecule has 6 nitrogen and oxygen atoms in total. The van der Waals surface area contributed by atoms with Crippen LogP contribution in [0.1, 0.15) is 28.8 Å². The third kappa shape index (κ3) is 6.66. The molecule has 3 aromatic carbocycles. The van der Waals surface area contributed by atoms with Gasteiger partial charge in [-0.3, -0.25) is 9.59 Å². The molecule has 1 heterocycles. The fraction of sp³-hybridized carbons (Fsp3) is 0.308. The van der Waals surface area contributed by atoms with Crippen LogP contribution in [0.4, 0.5) is 0 Å². The summed E-state index contributed by atoms with van der Waals surface area (Å²) in [6.07, 6.45) is 1.18. The molecule has 1 saturated heterocycles. The van der Waals surface area contributed by atoms with Crippen molar-refractivity contribution >= 4 is 57.4 Å². The van der Waals surface area contributed by atoms with Gasteiger partial charge in [-0.1, -0.05) is 46.9 Å². The molecule has 0 spiro atoms. The summed E-state index contributed by atoms with van der Waals surface area (Å²) in [5.74, 6) is -0.186. The number of carbonyl (C=O) groups is 2. The Morgan fingerprint density at radius 3 is 2.46 bits per heavy atom. The fourth-order valence-corrected chi connectivity index (χ4v) is 5.12. The van der Waals surface area contributed by atoms with E-state index in [0.717, 1.165) is 16.3 Å². The number of nitrogens with zero attached hydrogens (tertiary/aromatic N) is 1. The summed E-state index contributed by atoms with van der Waals surface area (Å²) in [7, 11) is 0. The zero-order valence-corrected chi connectivity index (χ0v) is 21.3.